The fraction of sp³-hybridized carbons (Fsp3) is 0.211. The highest BCUT2D eigenvalue weighted by Gasteiger charge is 2.25. The SMILES string of the molecule is [C-]#[N+]c1cc2c(C(N)=O)c(N)n(-c3c(C)c(F)cc(OC)c3C)c2nc1C. The molecule has 0 unspecified atom stereocenters. The van der Waals surface area contributed by atoms with Gasteiger partial charge in [0.2, 0.25) is 5.69 Å². The van der Waals surface area contributed by atoms with Crippen molar-refractivity contribution in [1.29, 1.82) is 0 Å². The van der Waals surface area contributed by atoms with E-state index in [2.05, 4.69) is 9.83 Å². The van der Waals surface area contributed by atoms with E-state index >= 15 is 0 Å². The number of anilines is 1. The molecule has 4 N–H and O–H groups in total. The Hall–Kier alpha value is -3.60. The predicted octanol–water partition coefficient (Wildman–Crippen LogP) is 3.33. The van der Waals surface area contributed by atoms with Gasteiger partial charge in [-0.1, -0.05) is 0 Å². The lowest BCUT2D eigenvalue weighted by Crippen LogP contribution is -2.14. The Labute approximate surface area is 155 Å². The first-order valence-corrected chi connectivity index (χ1v) is 8.05. The van der Waals surface area contributed by atoms with E-state index in [9.17, 15) is 9.18 Å². The minimum atomic E-state index is -0.753. The van der Waals surface area contributed by atoms with Gasteiger partial charge in [-0.25, -0.2) is 14.2 Å². The molecule has 0 aliphatic rings. The Balaban J connectivity index is 2.57. The first kappa shape index (κ1) is 18.2. The third kappa shape index (κ3) is 2.56. The molecule has 3 rings (SSSR count). The summed E-state index contributed by atoms with van der Waals surface area (Å²) in [6, 6.07) is 2.82. The normalized spacial score (nSPS) is 10.8. The van der Waals surface area contributed by atoms with E-state index in [1.807, 2.05) is 0 Å². The molecule has 7 nitrogen and oxygen atoms in total. The van der Waals surface area contributed by atoms with Crippen LogP contribution in [-0.4, -0.2) is 22.6 Å². The van der Waals surface area contributed by atoms with E-state index in [0.29, 0.717) is 39.3 Å². The number of nitrogen functional groups attached to an aromatic ring is 1. The van der Waals surface area contributed by atoms with Gasteiger partial charge in [0, 0.05) is 28.3 Å². The number of pyridine rings is 1. The van der Waals surface area contributed by atoms with Crippen molar-refractivity contribution in [3.05, 3.63) is 51.8 Å². The summed E-state index contributed by atoms with van der Waals surface area (Å²) >= 11 is 0. The number of nitrogens with zero attached hydrogens (tertiary/aromatic N) is 3. The van der Waals surface area contributed by atoms with E-state index in [1.54, 1.807) is 20.8 Å². The van der Waals surface area contributed by atoms with Gasteiger partial charge in [0.15, 0.2) is 0 Å². The smallest absolute Gasteiger partial charge is 0.253 e. The fourth-order valence-corrected chi connectivity index (χ4v) is 3.29. The second-order valence-corrected chi connectivity index (χ2v) is 6.20. The van der Waals surface area contributed by atoms with Crippen molar-refractivity contribution in [1.82, 2.24) is 9.55 Å². The molecule has 27 heavy (non-hydrogen) atoms. The number of aryl methyl sites for hydroxylation is 1. The van der Waals surface area contributed by atoms with E-state index in [1.165, 1.54) is 23.8 Å². The zero-order chi connectivity index (χ0) is 20.0. The van der Waals surface area contributed by atoms with Gasteiger partial charge >= 0.3 is 0 Å². The molecule has 1 amide bonds. The zero-order valence-corrected chi connectivity index (χ0v) is 15.3. The van der Waals surface area contributed by atoms with Gasteiger partial charge in [-0.3, -0.25) is 9.36 Å². The van der Waals surface area contributed by atoms with Gasteiger partial charge in [0.1, 0.15) is 23.0 Å². The van der Waals surface area contributed by atoms with E-state index in [4.69, 9.17) is 22.8 Å². The number of primary amides is 1. The average molecular weight is 367 g/mol. The molecule has 0 atom stereocenters. The molecule has 2 aromatic heterocycles. The summed E-state index contributed by atoms with van der Waals surface area (Å²) in [5, 5.41) is 0.346. The van der Waals surface area contributed by atoms with Crippen LogP contribution in [0.25, 0.3) is 21.6 Å². The van der Waals surface area contributed by atoms with Crippen LogP contribution in [-0.2, 0) is 0 Å². The zero-order valence-electron chi connectivity index (χ0n) is 15.3. The Morgan fingerprint density at radius 2 is 1.96 bits per heavy atom. The third-order valence-electron chi connectivity index (χ3n) is 4.65. The van der Waals surface area contributed by atoms with Gasteiger partial charge < -0.3 is 16.2 Å². The molecular formula is C19H18FN5O2. The molecule has 0 spiro atoms. The Morgan fingerprint density at radius 3 is 2.52 bits per heavy atom. The number of benzene rings is 1. The molecule has 0 aliphatic heterocycles. The first-order valence-electron chi connectivity index (χ1n) is 8.05. The van der Waals surface area contributed by atoms with Crippen molar-refractivity contribution in [3.8, 4) is 11.4 Å². The molecule has 3 aromatic rings. The second-order valence-electron chi connectivity index (χ2n) is 6.20. The molecule has 0 saturated heterocycles. The number of rotatable bonds is 3. The number of hydrogen-bond donors (Lipinski definition) is 2. The van der Waals surface area contributed by atoms with Crippen molar-refractivity contribution in [3.63, 3.8) is 0 Å². The van der Waals surface area contributed by atoms with Crippen molar-refractivity contribution < 1.29 is 13.9 Å². The van der Waals surface area contributed by atoms with Crippen molar-refractivity contribution >= 4 is 28.4 Å². The summed E-state index contributed by atoms with van der Waals surface area (Å²) in [4.78, 5) is 19.9. The Bertz CT molecular complexity index is 1160. The topological polar surface area (TPSA) is 101 Å². The summed E-state index contributed by atoms with van der Waals surface area (Å²) < 4.78 is 21.3. The number of aromatic nitrogens is 2. The quantitative estimate of drug-likeness (QED) is 0.693. The minimum Gasteiger partial charge on any atom is -0.496 e. The lowest BCUT2D eigenvalue weighted by Gasteiger charge is -2.17. The molecule has 8 heteroatoms. The lowest BCUT2D eigenvalue weighted by molar-refractivity contribution is 0.100. The van der Waals surface area contributed by atoms with Crippen LogP contribution in [0.3, 0.4) is 0 Å². The van der Waals surface area contributed by atoms with Crippen LogP contribution in [0.4, 0.5) is 15.9 Å². The largest absolute Gasteiger partial charge is 0.496 e. The molecule has 0 saturated carbocycles. The predicted molar refractivity (Wildman–Crippen MR) is 101 cm³/mol. The van der Waals surface area contributed by atoms with E-state index in [-0.39, 0.29) is 17.1 Å². The van der Waals surface area contributed by atoms with Gasteiger partial charge in [-0.15, -0.1) is 0 Å². The van der Waals surface area contributed by atoms with Crippen molar-refractivity contribution in [2.24, 2.45) is 5.73 Å². The molecule has 0 fully saturated rings. The van der Waals surface area contributed by atoms with E-state index < -0.39 is 11.7 Å². The van der Waals surface area contributed by atoms with Crippen LogP contribution in [0.1, 0.15) is 27.2 Å². The average Bonchev–Trinajstić information content (AvgIpc) is 2.89. The number of amides is 1. The van der Waals surface area contributed by atoms with Crippen LogP contribution in [0.2, 0.25) is 0 Å². The molecule has 138 valence electrons. The number of methoxy groups -OCH3 is 1. The standard InChI is InChI=1S/C19H18FN5O2/c1-8-12(20)7-14(27-5)9(2)16(8)25-17(21)15(18(22)26)11-6-13(23-4)10(3)24-19(11)25/h6-7H,21H2,1-3,5H3,(H2,22,26). The summed E-state index contributed by atoms with van der Waals surface area (Å²) in [5.74, 6) is -0.866. The highest BCUT2D eigenvalue weighted by atomic mass is 19.1. The van der Waals surface area contributed by atoms with Gasteiger partial charge in [-0.05, 0) is 26.8 Å². The van der Waals surface area contributed by atoms with Gasteiger partial charge in [0.25, 0.3) is 5.91 Å². The minimum absolute atomic E-state index is 0.0328. The maximum Gasteiger partial charge on any atom is 0.253 e. The number of fused-ring (bicyclic) bond motifs is 1. The molecule has 0 aliphatic carbocycles. The van der Waals surface area contributed by atoms with Crippen LogP contribution in [0, 0.1) is 33.2 Å². The number of hydrogen-bond acceptors (Lipinski definition) is 4. The monoisotopic (exact) mass is 367 g/mol. The van der Waals surface area contributed by atoms with Crippen LogP contribution < -0.4 is 16.2 Å². The maximum atomic E-state index is 14.5. The highest BCUT2D eigenvalue weighted by Crippen LogP contribution is 2.38. The Kier molecular flexibility index (Phi) is 4.24. The van der Waals surface area contributed by atoms with Gasteiger partial charge in [0.05, 0.1) is 24.9 Å². The van der Waals surface area contributed by atoms with Crippen molar-refractivity contribution in [2.45, 2.75) is 20.8 Å². The van der Waals surface area contributed by atoms with Crippen LogP contribution >= 0.6 is 0 Å². The number of nitrogens with two attached hydrogens (primary N) is 2. The third-order valence-corrected chi connectivity index (χ3v) is 4.65. The first-order chi connectivity index (χ1) is 12.7. The van der Waals surface area contributed by atoms with Gasteiger partial charge in [-0.2, -0.15) is 0 Å². The number of halogens is 1. The molecular weight excluding hydrogens is 349 g/mol. The molecule has 2 heterocycles. The summed E-state index contributed by atoms with van der Waals surface area (Å²) in [7, 11) is 1.44. The number of carbonyl (C=O) groups excluding carboxylic acids is 1. The van der Waals surface area contributed by atoms with Crippen LogP contribution in [0.5, 0.6) is 5.75 Å². The highest BCUT2D eigenvalue weighted by molar-refractivity contribution is 6.11. The molecule has 1 aromatic carbocycles. The van der Waals surface area contributed by atoms with Crippen molar-refractivity contribution in [2.75, 3.05) is 12.8 Å². The lowest BCUT2D eigenvalue weighted by atomic mass is 10.1. The fourth-order valence-electron chi connectivity index (χ4n) is 3.29. The summed E-state index contributed by atoms with van der Waals surface area (Å²) in [5.41, 5.74) is 14.3. The molecule has 0 bridgehead atoms. The Morgan fingerprint density at radius 1 is 1.30 bits per heavy atom. The van der Waals surface area contributed by atoms with E-state index in [0.717, 1.165) is 0 Å². The number of ether oxygens (including phenoxy) is 1. The summed E-state index contributed by atoms with van der Waals surface area (Å²) in [6.45, 7) is 12.3. The maximum absolute atomic E-state index is 14.5. The molecule has 0 radical (unpaired) electrons. The number of carbonyl (C=O) groups is 1. The summed E-state index contributed by atoms with van der Waals surface area (Å²) in [6.07, 6.45) is 0. The second kappa shape index (κ2) is 6.29. The van der Waals surface area contributed by atoms with Crippen LogP contribution in [0.15, 0.2) is 12.1 Å².